The number of fused-ring (bicyclic) bond motifs is 1. The van der Waals surface area contributed by atoms with Gasteiger partial charge >= 0.3 is 0 Å². The highest BCUT2D eigenvalue weighted by Crippen LogP contribution is 2.32. The Balaban J connectivity index is 1.63. The maximum atomic E-state index is 13.2. The zero-order valence-corrected chi connectivity index (χ0v) is 18.5. The number of anilines is 1. The van der Waals surface area contributed by atoms with E-state index in [-0.39, 0.29) is 16.9 Å². The maximum Gasteiger partial charge on any atom is 0.262 e. The molecule has 7 nitrogen and oxygen atoms in total. The molecule has 1 aromatic heterocycles. The van der Waals surface area contributed by atoms with Gasteiger partial charge in [-0.25, -0.2) is 0 Å². The van der Waals surface area contributed by atoms with Crippen molar-refractivity contribution in [1.29, 1.82) is 0 Å². The Labute approximate surface area is 190 Å². The lowest BCUT2D eigenvalue weighted by Gasteiger charge is -2.13. The first-order valence-corrected chi connectivity index (χ1v) is 10.3. The Bertz CT molecular complexity index is 1360. The third-order valence-corrected chi connectivity index (χ3v) is 5.10. The van der Waals surface area contributed by atoms with Gasteiger partial charge in [-0.1, -0.05) is 42.0 Å². The second-order valence-corrected chi connectivity index (χ2v) is 7.35. The summed E-state index contributed by atoms with van der Waals surface area (Å²) in [4.78, 5) is 25.8. The molecule has 0 aliphatic heterocycles. The van der Waals surface area contributed by atoms with Crippen molar-refractivity contribution in [3.63, 3.8) is 0 Å². The van der Waals surface area contributed by atoms with E-state index in [9.17, 15) is 9.59 Å². The normalized spacial score (nSPS) is 10.6. The lowest BCUT2D eigenvalue weighted by atomic mass is 10.1. The summed E-state index contributed by atoms with van der Waals surface area (Å²) in [6.07, 6.45) is 0. The number of hydrogen-bond acceptors (Lipinski definition) is 6. The van der Waals surface area contributed by atoms with E-state index in [1.165, 1.54) is 7.11 Å². The monoisotopic (exact) mass is 445 g/mol. The van der Waals surface area contributed by atoms with Crippen LogP contribution >= 0.6 is 0 Å². The first-order chi connectivity index (χ1) is 16.0. The summed E-state index contributed by atoms with van der Waals surface area (Å²) in [6.45, 7) is 1.58. The average molecular weight is 445 g/mol. The second kappa shape index (κ2) is 9.48. The van der Waals surface area contributed by atoms with Crippen LogP contribution in [0.25, 0.3) is 22.3 Å². The molecule has 0 saturated carbocycles. The molecule has 7 heteroatoms. The SMILES string of the molecule is COc1ccc(NC(=O)COc2c(-c3ccc(C)cc3)oc3ccccc3c2=O)c(OC)c1. The molecule has 4 rings (SSSR count). The quantitative estimate of drug-likeness (QED) is 0.440. The van der Waals surface area contributed by atoms with Crippen molar-refractivity contribution in [3.8, 4) is 28.6 Å². The topological polar surface area (TPSA) is 87.0 Å². The third kappa shape index (κ3) is 4.67. The lowest BCUT2D eigenvalue weighted by molar-refractivity contribution is -0.118. The Morgan fingerprint density at radius 2 is 1.73 bits per heavy atom. The van der Waals surface area contributed by atoms with Crippen LogP contribution in [0.1, 0.15) is 5.56 Å². The molecule has 0 aliphatic rings. The lowest BCUT2D eigenvalue weighted by Crippen LogP contribution is -2.23. The van der Waals surface area contributed by atoms with Crippen molar-refractivity contribution in [3.05, 3.63) is 82.5 Å². The predicted octanol–water partition coefficient (Wildman–Crippen LogP) is 4.80. The van der Waals surface area contributed by atoms with Gasteiger partial charge in [0, 0.05) is 11.6 Å². The van der Waals surface area contributed by atoms with Crippen LogP contribution in [-0.4, -0.2) is 26.7 Å². The van der Waals surface area contributed by atoms with E-state index in [1.54, 1.807) is 49.6 Å². The largest absolute Gasteiger partial charge is 0.497 e. The zero-order chi connectivity index (χ0) is 23.4. The van der Waals surface area contributed by atoms with Gasteiger partial charge in [0.15, 0.2) is 12.4 Å². The molecule has 4 aromatic rings. The predicted molar refractivity (Wildman–Crippen MR) is 126 cm³/mol. The first-order valence-electron chi connectivity index (χ1n) is 10.3. The first kappa shape index (κ1) is 22.0. The minimum Gasteiger partial charge on any atom is -0.497 e. The number of para-hydroxylation sites is 1. The van der Waals surface area contributed by atoms with Crippen molar-refractivity contribution in [1.82, 2.24) is 0 Å². The summed E-state index contributed by atoms with van der Waals surface area (Å²) >= 11 is 0. The van der Waals surface area contributed by atoms with Gasteiger partial charge in [0.2, 0.25) is 11.2 Å². The van der Waals surface area contributed by atoms with Crippen molar-refractivity contribution in [2.45, 2.75) is 6.92 Å². The van der Waals surface area contributed by atoms with Crippen LogP contribution in [-0.2, 0) is 4.79 Å². The van der Waals surface area contributed by atoms with E-state index in [1.807, 2.05) is 31.2 Å². The van der Waals surface area contributed by atoms with Gasteiger partial charge in [-0.3, -0.25) is 9.59 Å². The number of carbonyl (C=O) groups is 1. The van der Waals surface area contributed by atoms with Crippen molar-refractivity contribution >= 4 is 22.6 Å². The minimum absolute atomic E-state index is 0.0191. The highest BCUT2D eigenvalue weighted by molar-refractivity contribution is 5.93. The minimum atomic E-state index is -0.458. The second-order valence-electron chi connectivity index (χ2n) is 7.35. The molecule has 1 amide bonds. The van der Waals surface area contributed by atoms with E-state index >= 15 is 0 Å². The average Bonchev–Trinajstić information content (AvgIpc) is 2.84. The number of aryl methyl sites for hydroxylation is 1. The summed E-state index contributed by atoms with van der Waals surface area (Å²) in [7, 11) is 3.04. The van der Waals surface area contributed by atoms with Gasteiger partial charge < -0.3 is 23.9 Å². The summed E-state index contributed by atoms with van der Waals surface area (Å²) < 4.78 is 22.2. The molecule has 0 saturated heterocycles. The molecule has 1 heterocycles. The fraction of sp³-hybridized carbons (Fsp3) is 0.154. The molecule has 0 bridgehead atoms. The Morgan fingerprint density at radius 3 is 2.45 bits per heavy atom. The highest BCUT2D eigenvalue weighted by atomic mass is 16.5. The van der Waals surface area contributed by atoms with Crippen molar-refractivity contribution < 1.29 is 23.4 Å². The number of ether oxygens (including phenoxy) is 3. The van der Waals surface area contributed by atoms with E-state index in [2.05, 4.69) is 5.32 Å². The smallest absolute Gasteiger partial charge is 0.262 e. The molecular weight excluding hydrogens is 422 g/mol. The van der Waals surface area contributed by atoms with Gasteiger partial charge in [-0.2, -0.15) is 0 Å². The van der Waals surface area contributed by atoms with Crippen LogP contribution in [0.2, 0.25) is 0 Å². The highest BCUT2D eigenvalue weighted by Gasteiger charge is 2.19. The van der Waals surface area contributed by atoms with Crippen LogP contribution in [0.3, 0.4) is 0 Å². The van der Waals surface area contributed by atoms with Gasteiger partial charge in [0.1, 0.15) is 17.1 Å². The summed E-state index contributed by atoms with van der Waals surface area (Å²) in [5.41, 5.74) is 2.30. The molecule has 0 radical (unpaired) electrons. The fourth-order valence-corrected chi connectivity index (χ4v) is 3.38. The van der Waals surface area contributed by atoms with Gasteiger partial charge in [-0.15, -0.1) is 0 Å². The standard InChI is InChI=1S/C26H23NO6/c1-16-8-10-17(11-9-16)25-26(24(29)19-6-4-5-7-21(19)33-25)32-15-23(28)27-20-13-12-18(30-2)14-22(20)31-3/h4-14H,15H2,1-3H3,(H,27,28). The number of methoxy groups -OCH3 is 2. The molecule has 0 spiro atoms. The molecule has 0 atom stereocenters. The molecule has 0 aliphatic carbocycles. The number of nitrogens with one attached hydrogen (secondary N) is 1. The van der Waals surface area contributed by atoms with Crippen LogP contribution in [0.5, 0.6) is 17.2 Å². The van der Waals surface area contributed by atoms with Crippen LogP contribution in [0, 0.1) is 6.92 Å². The number of benzene rings is 3. The summed E-state index contributed by atoms with van der Waals surface area (Å²) in [5, 5.41) is 3.10. The van der Waals surface area contributed by atoms with Crippen LogP contribution < -0.4 is 25.0 Å². The van der Waals surface area contributed by atoms with E-state index in [4.69, 9.17) is 18.6 Å². The summed E-state index contributed by atoms with van der Waals surface area (Å²) in [6, 6.07) is 19.5. The van der Waals surface area contributed by atoms with Gasteiger partial charge in [0.05, 0.1) is 25.3 Å². The molecule has 1 N–H and O–H groups in total. The van der Waals surface area contributed by atoms with Crippen molar-refractivity contribution in [2.24, 2.45) is 0 Å². The maximum absolute atomic E-state index is 13.2. The molecule has 0 unspecified atom stereocenters. The Kier molecular flexibility index (Phi) is 6.31. The van der Waals surface area contributed by atoms with E-state index < -0.39 is 12.5 Å². The number of hydrogen-bond donors (Lipinski definition) is 1. The number of rotatable bonds is 7. The number of carbonyl (C=O) groups excluding carboxylic acids is 1. The zero-order valence-electron chi connectivity index (χ0n) is 18.5. The van der Waals surface area contributed by atoms with Gasteiger partial charge in [0.25, 0.3) is 5.91 Å². The molecule has 3 aromatic carbocycles. The summed E-state index contributed by atoms with van der Waals surface area (Å²) in [5.74, 6) is 0.828. The van der Waals surface area contributed by atoms with Crippen LogP contribution in [0.15, 0.2) is 75.9 Å². The Hall–Kier alpha value is -4.26. The van der Waals surface area contributed by atoms with Crippen LogP contribution in [0.4, 0.5) is 5.69 Å². The van der Waals surface area contributed by atoms with E-state index in [0.717, 1.165) is 5.56 Å². The van der Waals surface area contributed by atoms with E-state index in [0.29, 0.717) is 33.7 Å². The fourth-order valence-electron chi connectivity index (χ4n) is 3.38. The van der Waals surface area contributed by atoms with Crippen molar-refractivity contribution in [2.75, 3.05) is 26.1 Å². The number of amides is 1. The molecule has 0 fully saturated rings. The third-order valence-electron chi connectivity index (χ3n) is 5.10. The molecular formula is C26H23NO6. The van der Waals surface area contributed by atoms with Gasteiger partial charge in [-0.05, 0) is 31.2 Å². The molecule has 168 valence electrons. The Morgan fingerprint density at radius 1 is 0.970 bits per heavy atom. The molecule has 33 heavy (non-hydrogen) atoms.